The predicted octanol–water partition coefficient (Wildman–Crippen LogP) is 4.42. The molecule has 3 N–H and O–H groups in total. The van der Waals surface area contributed by atoms with E-state index >= 15 is 0 Å². The molecule has 5 nitrogen and oxygen atoms in total. The van der Waals surface area contributed by atoms with Crippen LogP contribution in [-0.2, 0) is 4.79 Å². The minimum absolute atomic E-state index is 0.000120. The lowest BCUT2D eigenvalue weighted by Gasteiger charge is -2.38. The summed E-state index contributed by atoms with van der Waals surface area (Å²) in [5.41, 5.74) is 8.21. The van der Waals surface area contributed by atoms with Crippen LogP contribution in [0.3, 0.4) is 0 Å². The van der Waals surface area contributed by atoms with Crippen molar-refractivity contribution in [1.82, 2.24) is 5.32 Å². The average Bonchev–Trinajstić information content (AvgIpc) is 2.55. The Kier molecular flexibility index (Phi) is 5.16. The van der Waals surface area contributed by atoms with Gasteiger partial charge in [-0.15, -0.1) is 0 Å². The minimum Gasteiger partial charge on any atom is -0.491 e. The molecule has 2 aliphatic rings. The molecule has 3 rings (SSSR count). The molecule has 0 aromatic heterocycles. The Balaban J connectivity index is 2.19. The Morgan fingerprint density at radius 2 is 1.96 bits per heavy atom. The zero-order valence-corrected chi connectivity index (χ0v) is 17.0. The van der Waals surface area contributed by atoms with E-state index in [9.17, 15) is 10.1 Å². The van der Waals surface area contributed by atoms with Gasteiger partial charge in [0.05, 0.1) is 34.2 Å². The molecule has 0 radical (unpaired) electrons. The average molecular weight is 406 g/mol. The number of nitrogens with one attached hydrogen (secondary N) is 1. The van der Waals surface area contributed by atoms with E-state index < -0.39 is 5.92 Å². The summed E-state index contributed by atoms with van der Waals surface area (Å²) in [5, 5.41) is 13.4. The summed E-state index contributed by atoms with van der Waals surface area (Å²) >= 11 is 12.7. The fourth-order valence-electron chi connectivity index (χ4n) is 3.80. The first kappa shape index (κ1) is 19.6. The molecule has 0 amide bonds. The number of allylic oxidation sites excluding steroid dienone is 3. The van der Waals surface area contributed by atoms with Gasteiger partial charge in [-0.05, 0) is 36.5 Å². The Morgan fingerprint density at radius 3 is 2.52 bits per heavy atom. The molecule has 0 saturated heterocycles. The zero-order chi connectivity index (χ0) is 19.9. The standard InChI is InChI=1S/C20H21Cl2N3O2/c1-4-27-18-12(21)5-10(6-13(18)22)16-11(9-23)19(24)25-14-7-20(2,3)8-15(26)17(14)16/h5-6,16,25H,4,7-8,24H2,1-3H3. The third-order valence-electron chi connectivity index (χ3n) is 4.84. The van der Waals surface area contributed by atoms with Gasteiger partial charge in [0, 0.05) is 17.7 Å². The highest BCUT2D eigenvalue weighted by molar-refractivity contribution is 6.37. The van der Waals surface area contributed by atoms with Crippen LogP contribution in [0.15, 0.2) is 34.8 Å². The molecule has 0 bridgehead atoms. The van der Waals surface area contributed by atoms with Crippen molar-refractivity contribution in [3.05, 3.63) is 50.4 Å². The maximum atomic E-state index is 13.0. The number of nitriles is 1. The fourth-order valence-corrected chi connectivity index (χ4v) is 4.41. The molecular formula is C20H21Cl2N3O2. The van der Waals surface area contributed by atoms with Gasteiger partial charge in [-0.2, -0.15) is 5.26 Å². The van der Waals surface area contributed by atoms with Crippen LogP contribution >= 0.6 is 23.2 Å². The van der Waals surface area contributed by atoms with Gasteiger partial charge in [0.15, 0.2) is 11.5 Å². The Labute approximate surface area is 168 Å². The quantitative estimate of drug-likeness (QED) is 0.776. The number of rotatable bonds is 3. The summed E-state index contributed by atoms with van der Waals surface area (Å²) in [6.07, 6.45) is 1.07. The van der Waals surface area contributed by atoms with Crippen LogP contribution in [-0.4, -0.2) is 12.4 Å². The summed E-state index contributed by atoms with van der Waals surface area (Å²) in [6, 6.07) is 5.53. The molecule has 0 fully saturated rings. The second-order valence-corrected chi connectivity index (χ2v) is 8.39. The summed E-state index contributed by atoms with van der Waals surface area (Å²) < 4.78 is 5.48. The van der Waals surface area contributed by atoms with Crippen molar-refractivity contribution in [2.45, 2.75) is 39.5 Å². The van der Waals surface area contributed by atoms with Crippen molar-refractivity contribution in [3.63, 3.8) is 0 Å². The molecule has 0 spiro atoms. The summed E-state index contributed by atoms with van der Waals surface area (Å²) in [7, 11) is 0. The SMILES string of the molecule is CCOc1c(Cl)cc(C2C(C#N)=C(N)NC3=C2C(=O)CC(C)(C)C3)cc1Cl. The lowest BCUT2D eigenvalue weighted by atomic mass is 9.69. The van der Waals surface area contributed by atoms with Crippen molar-refractivity contribution < 1.29 is 9.53 Å². The van der Waals surface area contributed by atoms with Gasteiger partial charge in [0.2, 0.25) is 0 Å². The van der Waals surface area contributed by atoms with Crippen LogP contribution in [0, 0.1) is 16.7 Å². The van der Waals surface area contributed by atoms with Crippen molar-refractivity contribution >= 4 is 29.0 Å². The number of benzene rings is 1. The highest BCUT2D eigenvalue weighted by atomic mass is 35.5. The number of nitrogens with two attached hydrogens (primary N) is 1. The smallest absolute Gasteiger partial charge is 0.162 e. The van der Waals surface area contributed by atoms with Crippen LogP contribution in [0.5, 0.6) is 5.75 Å². The molecule has 1 aliphatic heterocycles. The van der Waals surface area contributed by atoms with Crippen molar-refractivity contribution in [3.8, 4) is 11.8 Å². The van der Waals surface area contributed by atoms with Gasteiger partial charge < -0.3 is 15.8 Å². The number of hydrogen-bond donors (Lipinski definition) is 2. The van der Waals surface area contributed by atoms with E-state index in [1.807, 2.05) is 20.8 Å². The molecule has 1 aliphatic carbocycles. The van der Waals surface area contributed by atoms with E-state index in [1.54, 1.807) is 12.1 Å². The molecule has 1 unspecified atom stereocenters. The zero-order valence-electron chi connectivity index (χ0n) is 15.5. The van der Waals surface area contributed by atoms with Gasteiger partial charge >= 0.3 is 0 Å². The number of hydrogen-bond acceptors (Lipinski definition) is 5. The lowest BCUT2D eigenvalue weighted by Crippen LogP contribution is -2.39. The van der Waals surface area contributed by atoms with Crippen molar-refractivity contribution in [2.75, 3.05) is 6.61 Å². The Hall–Kier alpha value is -2.16. The predicted molar refractivity (Wildman–Crippen MR) is 105 cm³/mol. The topological polar surface area (TPSA) is 88.1 Å². The highest BCUT2D eigenvalue weighted by Crippen LogP contribution is 2.47. The third-order valence-corrected chi connectivity index (χ3v) is 5.40. The Morgan fingerprint density at radius 1 is 1.33 bits per heavy atom. The van der Waals surface area contributed by atoms with Gasteiger partial charge in [0.25, 0.3) is 0 Å². The molecule has 27 heavy (non-hydrogen) atoms. The molecule has 142 valence electrons. The Bertz CT molecular complexity index is 903. The monoisotopic (exact) mass is 405 g/mol. The first-order valence-corrected chi connectivity index (χ1v) is 9.49. The number of carbonyl (C=O) groups is 1. The van der Waals surface area contributed by atoms with E-state index in [2.05, 4.69) is 11.4 Å². The summed E-state index contributed by atoms with van der Waals surface area (Å²) in [6.45, 7) is 6.33. The number of carbonyl (C=O) groups excluding carboxylic acids is 1. The van der Waals surface area contributed by atoms with Crippen LogP contribution in [0.4, 0.5) is 0 Å². The molecule has 1 aromatic rings. The van der Waals surface area contributed by atoms with Gasteiger partial charge in [-0.1, -0.05) is 37.0 Å². The second kappa shape index (κ2) is 7.10. The molecule has 1 aromatic carbocycles. The van der Waals surface area contributed by atoms with E-state index in [0.29, 0.717) is 46.4 Å². The molecular weight excluding hydrogens is 385 g/mol. The highest BCUT2D eigenvalue weighted by Gasteiger charge is 2.41. The maximum absolute atomic E-state index is 13.0. The fraction of sp³-hybridized carbons (Fsp3) is 0.400. The van der Waals surface area contributed by atoms with E-state index in [4.69, 9.17) is 33.7 Å². The minimum atomic E-state index is -0.597. The second-order valence-electron chi connectivity index (χ2n) is 7.58. The van der Waals surface area contributed by atoms with E-state index in [-0.39, 0.29) is 22.6 Å². The number of ketones is 1. The number of nitrogens with zero attached hydrogens (tertiary/aromatic N) is 1. The number of Topliss-reactive ketones (excluding diaryl/α,β-unsaturated/α-hetero) is 1. The number of dihydropyridines is 1. The largest absolute Gasteiger partial charge is 0.491 e. The van der Waals surface area contributed by atoms with Crippen molar-refractivity contribution in [1.29, 1.82) is 5.26 Å². The molecule has 1 atom stereocenters. The first-order chi connectivity index (χ1) is 12.7. The first-order valence-electron chi connectivity index (χ1n) is 8.73. The van der Waals surface area contributed by atoms with Crippen LogP contribution < -0.4 is 15.8 Å². The summed E-state index contributed by atoms with van der Waals surface area (Å²) in [5.74, 6) is 0.0489. The number of halogens is 2. The maximum Gasteiger partial charge on any atom is 0.162 e. The normalized spacial score (nSPS) is 21.5. The van der Waals surface area contributed by atoms with Gasteiger partial charge in [0.1, 0.15) is 5.82 Å². The van der Waals surface area contributed by atoms with Crippen LogP contribution in [0.2, 0.25) is 10.0 Å². The van der Waals surface area contributed by atoms with Gasteiger partial charge in [-0.25, -0.2) is 0 Å². The van der Waals surface area contributed by atoms with Gasteiger partial charge in [-0.3, -0.25) is 4.79 Å². The lowest BCUT2D eigenvalue weighted by molar-refractivity contribution is -0.118. The third kappa shape index (κ3) is 3.52. The van der Waals surface area contributed by atoms with Crippen LogP contribution in [0.25, 0.3) is 0 Å². The summed E-state index contributed by atoms with van der Waals surface area (Å²) in [4.78, 5) is 13.0. The van der Waals surface area contributed by atoms with Crippen molar-refractivity contribution in [2.24, 2.45) is 11.1 Å². The van der Waals surface area contributed by atoms with Crippen LogP contribution in [0.1, 0.15) is 45.1 Å². The molecule has 0 saturated carbocycles. The van der Waals surface area contributed by atoms with E-state index in [1.165, 1.54) is 0 Å². The van der Waals surface area contributed by atoms with E-state index in [0.717, 1.165) is 5.70 Å². The molecule has 7 heteroatoms. The molecule has 1 heterocycles. The number of ether oxygens (including phenoxy) is 1.